The van der Waals surface area contributed by atoms with Crippen LogP contribution in [0.25, 0.3) is 22.2 Å². The van der Waals surface area contributed by atoms with Crippen molar-refractivity contribution in [3.63, 3.8) is 0 Å². The Kier molecular flexibility index (Phi) is 4.12. The summed E-state index contributed by atoms with van der Waals surface area (Å²) in [7, 11) is 0. The van der Waals surface area contributed by atoms with Gasteiger partial charge in [0.1, 0.15) is 4.88 Å². The summed E-state index contributed by atoms with van der Waals surface area (Å²) in [5, 5.41) is 7.85. The molecule has 20 heavy (non-hydrogen) atoms. The Hall–Kier alpha value is -0.880. The van der Waals surface area contributed by atoms with Crippen LogP contribution in [0.2, 0.25) is 10.0 Å². The van der Waals surface area contributed by atoms with Crippen LogP contribution in [-0.2, 0) is 5.33 Å². The zero-order chi connectivity index (χ0) is 14.1. The van der Waals surface area contributed by atoms with Gasteiger partial charge in [-0.3, -0.25) is 0 Å². The molecule has 102 valence electrons. The minimum atomic E-state index is 0.426. The van der Waals surface area contributed by atoms with E-state index in [4.69, 9.17) is 27.7 Å². The molecular formula is C13H7BrCl2N2OS. The summed E-state index contributed by atoms with van der Waals surface area (Å²) in [6.45, 7) is 0. The van der Waals surface area contributed by atoms with Gasteiger partial charge in [-0.2, -0.15) is 4.98 Å². The molecular weight excluding hydrogens is 383 g/mol. The van der Waals surface area contributed by atoms with E-state index < -0.39 is 0 Å². The van der Waals surface area contributed by atoms with Crippen LogP contribution in [0.5, 0.6) is 0 Å². The van der Waals surface area contributed by atoms with Crippen molar-refractivity contribution in [3.8, 4) is 22.2 Å². The highest BCUT2D eigenvalue weighted by Crippen LogP contribution is 2.34. The van der Waals surface area contributed by atoms with Gasteiger partial charge in [-0.25, -0.2) is 0 Å². The zero-order valence-corrected chi connectivity index (χ0v) is 13.9. The number of hydrogen-bond acceptors (Lipinski definition) is 4. The van der Waals surface area contributed by atoms with Crippen LogP contribution in [0.15, 0.2) is 34.2 Å². The largest absolute Gasteiger partial charge is 0.333 e. The van der Waals surface area contributed by atoms with Gasteiger partial charge in [0.05, 0.1) is 5.02 Å². The smallest absolute Gasteiger partial charge is 0.269 e. The summed E-state index contributed by atoms with van der Waals surface area (Å²) < 4.78 is 5.29. The summed E-state index contributed by atoms with van der Waals surface area (Å²) in [6.07, 6.45) is 0. The van der Waals surface area contributed by atoms with Gasteiger partial charge in [0, 0.05) is 15.9 Å². The third kappa shape index (κ3) is 2.63. The minimum absolute atomic E-state index is 0.426. The molecule has 0 unspecified atom stereocenters. The van der Waals surface area contributed by atoms with E-state index >= 15 is 0 Å². The molecule has 0 fully saturated rings. The van der Waals surface area contributed by atoms with Crippen LogP contribution in [0.1, 0.15) is 5.56 Å². The molecule has 0 N–H and O–H groups in total. The standard InChI is InChI=1S/C13H7BrCl2N2OS/c14-6-7-5-8(15)1-2-9(7)12-17-13(19-18-12)11-10(16)3-4-20-11/h1-5H,6H2. The molecule has 0 aliphatic heterocycles. The molecule has 0 aliphatic rings. The van der Waals surface area contributed by atoms with Crippen molar-refractivity contribution >= 4 is 50.5 Å². The summed E-state index contributed by atoms with van der Waals surface area (Å²) in [5.41, 5.74) is 1.89. The number of halogens is 3. The Bertz CT molecular complexity index is 756. The van der Waals surface area contributed by atoms with Crippen molar-refractivity contribution in [2.24, 2.45) is 0 Å². The Balaban J connectivity index is 2.05. The normalized spacial score (nSPS) is 10.9. The lowest BCUT2D eigenvalue weighted by molar-refractivity contribution is 0.433. The highest BCUT2D eigenvalue weighted by Gasteiger charge is 2.16. The quantitative estimate of drug-likeness (QED) is 0.542. The van der Waals surface area contributed by atoms with E-state index in [-0.39, 0.29) is 0 Å². The van der Waals surface area contributed by atoms with Gasteiger partial charge in [-0.1, -0.05) is 44.3 Å². The minimum Gasteiger partial charge on any atom is -0.333 e. The van der Waals surface area contributed by atoms with E-state index in [0.29, 0.717) is 27.1 Å². The first-order valence-electron chi connectivity index (χ1n) is 5.61. The third-order valence-corrected chi connectivity index (χ3v) is 4.86. The highest BCUT2D eigenvalue weighted by molar-refractivity contribution is 9.08. The van der Waals surface area contributed by atoms with Crippen LogP contribution >= 0.6 is 50.5 Å². The predicted octanol–water partition coefficient (Wildman–Crippen LogP) is 5.67. The summed E-state index contributed by atoms with van der Waals surface area (Å²) in [4.78, 5) is 5.18. The second-order valence-electron chi connectivity index (χ2n) is 3.96. The maximum absolute atomic E-state index is 6.07. The van der Waals surface area contributed by atoms with Crippen molar-refractivity contribution in [2.75, 3.05) is 0 Å². The Morgan fingerprint density at radius 3 is 2.80 bits per heavy atom. The predicted molar refractivity (Wildman–Crippen MR) is 85.7 cm³/mol. The fraction of sp³-hybridized carbons (Fsp3) is 0.0769. The molecule has 2 heterocycles. The molecule has 0 bridgehead atoms. The van der Waals surface area contributed by atoms with E-state index in [2.05, 4.69) is 26.1 Å². The third-order valence-electron chi connectivity index (χ3n) is 2.69. The Labute approximate surface area is 137 Å². The lowest BCUT2D eigenvalue weighted by Crippen LogP contribution is -1.88. The topological polar surface area (TPSA) is 38.9 Å². The Morgan fingerprint density at radius 2 is 2.10 bits per heavy atom. The molecule has 0 atom stereocenters. The van der Waals surface area contributed by atoms with Crippen LogP contribution in [0, 0.1) is 0 Å². The summed E-state index contributed by atoms with van der Waals surface area (Å²) >= 11 is 17.0. The number of rotatable bonds is 3. The van der Waals surface area contributed by atoms with E-state index in [1.54, 1.807) is 12.1 Å². The fourth-order valence-corrected chi connectivity index (χ4v) is 3.48. The van der Waals surface area contributed by atoms with E-state index in [1.165, 1.54) is 11.3 Å². The molecule has 7 heteroatoms. The molecule has 0 aliphatic carbocycles. The van der Waals surface area contributed by atoms with E-state index in [0.717, 1.165) is 16.0 Å². The van der Waals surface area contributed by atoms with Gasteiger partial charge < -0.3 is 4.52 Å². The van der Waals surface area contributed by atoms with Gasteiger partial charge in [0.25, 0.3) is 5.89 Å². The number of hydrogen-bond donors (Lipinski definition) is 0. The molecule has 0 amide bonds. The molecule has 0 radical (unpaired) electrons. The first-order valence-corrected chi connectivity index (χ1v) is 8.36. The van der Waals surface area contributed by atoms with Crippen LogP contribution in [0.3, 0.4) is 0 Å². The maximum Gasteiger partial charge on any atom is 0.269 e. The van der Waals surface area contributed by atoms with Crippen molar-refractivity contribution < 1.29 is 4.52 Å². The number of nitrogens with zero attached hydrogens (tertiary/aromatic N) is 2. The summed E-state index contributed by atoms with van der Waals surface area (Å²) in [6, 6.07) is 7.36. The van der Waals surface area contributed by atoms with Gasteiger partial charge in [-0.15, -0.1) is 11.3 Å². The van der Waals surface area contributed by atoms with Gasteiger partial charge in [0.15, 0.2) is 0 Å². The number of alkyl halides is 1. The van der Waals surface area contributed by atoms with Crippen LogP contribution in [-0.4, -0.2) is 10.1 Å². The van der Waals surface area contributed by atoms with Crippen molar-refractivity contribution in [1.82, 2.24) is 10.1 Å². The summed E-state index contributed by atoms with van der Waals surface area (Å²) in [5.74, 6) is 0.950. The first-order chi connectivity index (χ1) is 9.69. The molecule has 3 rings (SSSR count). The number of thiophene rings is 1. The van der Waals surface area contributed by atoms with E-state index in [9.17, 15) is 0 Å². The van der Waals surface area contributed by atoms with Crippen molar-refractivity contribution in [3.05, 3.63) is 45.3 Å². The second kappa shape index (κ2) is 5.85. The highest BCUT2D eigenvalue weighted by atomic mass is 79.9. The molecule has 3 nitrogen and oxygen atoms in total. The Morgan fingerprint density at radius 1 is 1.25 bits per heavy atom. The number of aromatic nitrogens is 2. The molecule has 2 aromatic heterocycles. The van der Waals surface area contributed by atoms with Crippen molar-refractivity contribution in [1.29, 1.82) is 0 Å². The van der Waals surface area contributed by atoms with Gasteiger partial charge >= 0.3 is 0 Å². The molecule has 0 saturated heterocycles. The maximum atomic E-state index is 6.07. The van der Waals surface area contributed by atoms with Crippen LogP contribution < -0.4 is 0 Å². The zero-order valence-electron chi connectivity index (χ0n) is 9.94. The first kappa shape index (κ1) is 14.1. The molecule has 0 saturated carbocycles. The lowest BCUT2D eigenvalue weighted by atomic mass is 10.1. The lowest BCUT2D eigenvalue weighted by Gasteiger charge is -2.02. The average molecular weight is 390 g/mol. The average Bonchev–Trinajstić information content (AvgIpc) is 3.07. The van der Waals surface area contributed by atoms with Crippen molar-refractivity contribution in [2.45, 2.75) is 5.33 Å². The molecule has 3 aromatic rings. The SMILES string of the molecule is Clc1ccc(-c2noc(-c3sccc3Cl)n2)c(CBr)c1. The van der Waals surface area contributed by atoms with Crippen LogP contribution in [0.4, 0.5) is 0 Å². The van der Waals surface area contributed by atoms with E-state index in [1.807, 2.05) is 17.5 Å². The van der Waals surface area contributed by atoms with Gasteiger partial charge in [-0.05, 0) is 35.2 Å². The number of benzene rings is 1. The van der Waals surface area contributed by atoms with Gasteiger partial charge in [0.2, 0.25) is 5.82 Å². The second-order valence-corrected chi connectivity index (χ2v) is 6.28. The molecule has 0 spiro atoms. The fourth-order valence-electron chi connectivity index (χ4n) is 1.76. The monoisotopic (exact) mass is 388 g/mol. The molecule has 1 aromatic carbocycles.